The van der Waals surface area contributed by atoms with Crippen LogP contribution in [0.3, 0.4) is 0 Å². The van der Waals surface area contributed by atoms with Crippen LogP contribution in [0.5, 0.6) is 5.75 Å². The second-order valence-electron chi connectivity index (χ2n) is 5.02. The molecular formula is C14H19NO4. The van der Waals surface area contributed by atoms with Crippen LogP contribution in [-0.4, -0.2) is 37.9 Å². The van der Waals surface area contributed by atoms with Crippen molar-refractivity contribution in [3.63, 3.8) is 0 Å². The smallest absolute Gasteiger partial charge is 0.237 e. The molecule has 1 amide bonds. The van der Waals surface area contributed by atoms with E-state index in [0.29, 0.717) is 0 Å². The summed E-state index contributed by atoms with van der Waals surface area (Å²) in [5.74, 6) is 0.591. The lowest BCUT2D eigenvalue weighted by molar-refractivity contribution is -0.164. The number of nitrogens with one attached hydrogen (secondary N) is 1. The fraction of sp³-hybridized carbons (Fsp3) is 0.500. The summed E-state index contributed by atoms with van der Waals surface area (Å²) in [4.78, 5) is 12.2. The Labute approximate surface area is 112 Å². The van der Waals surface area contributed by atoms with Crippen molar-refractivity contribution in [3.05, 3.63) is 23.3 Å². The number of aliphatic hydroxyl groups excluding tert-OH is 1. The van der Waals surface area contributed by atoms with E-state index in [1.807, 2.05) is 26.0 Å². The van der Waals surface area contributed by atoms with Gasteiger partial charge in [0.05, 0.1) is 26.9 Å². The van der Waals surface area contributed by atoms with Crippen LogP contribution in [0, 0.1) is 19.3 Å². The molecular weight excluding hydrogens is 246 g/mol. The molecule has 2 rings (SSSR count). The van der Waals surface area contributed by atoms with Gasteiger partial charge in [0.1, 0.15) is 11.2 Å². The van der Waals surface area contributed by atoms with Gasteiger partial charge < -0.3 is 19.9 Å². The van der Waals surface area contributed by atoms with Gasteiger partial charge in [-0.1, -0.05) is 0 Å². The number of ether oxygens (including phenoxy) is 2. The molecule has 19 heavy (non-hydrogen) atoms. The van der Waals surface area contributed by atoms with E-state index >= 15 is 0 Å². The first-order valence-electron chi connectivity index (χ1n) is 6.18. The van der Waals surface area contributed by atoms with Crippen LogP contribution in [0.15, 0.2) is 12.1 Å². The minimum absolute atomic E-state index is 0.200. The molecule has 0 saturated carbocycles. The highest BCUT2D eigenvalue weighted by Crippen LogP contribution is 2.31. The first-order chi connectivity index (χ1) is 9.02. The number of carbonyl (C=O) groups excluding carboxylic acids is 1. The first kappa shape index (κ1) is 13.8. The van der Waals surface area contributed by atoms with Crippen molar-refractivity contribution in [3.8, 4) is 5.75 Å². The van der Waals surface area contributed by atoms with Gasteiger partial charge in [0.15, 0.2) is 0 Å². The minimum Gasteiger partial charge on any atom is -0.496 e. The molecule has 0 bridgehead atoms. The molecule has 0 unspecified atom stereocenters. The molecule has 1 aromatic rings. The third-order valence-electron chi connectivity index (χ3n) is 3.53. The Bertz CT molecular complexity index is 489. The predicted molar refractivity (Wildman–Crippen MR) is 71.4 cm³/mol. The van der Waals surface area contributed by atoms with E-state index in [-0.39, 0.29) is 25.7 Å². The van der Waals surface area contributed by atoms with Gasteiger partial charge >= 0.3 is 0 Å². The van der Waals surface area contributed by atoms with E-state index in [1.165, 1.54) is 0 Å². The van der Waals surface area contributed by atoms with Crippen molar-refractivity contribution in [2.24, 2.45) is 5.41 Å². The van der Waals surface area contributed by atoms with Crippen molar-refractivity contribution in [1.29, 1.82) is 0 Å². The normalized spacial score (nSPS) is 16.6. The standard InChI is InChI=1S/C14H19NO4/c1-9-5-12(18-3)10(2)4-11(9)15-13(17)14(6-16)7-19-8-14/h4-5,16H,6-8H2,1-3H3,(H,15,17). The van der Waals surface area contributed by atoms with Crippen molar-refractivity contribution in [2.45, 2.75) is 13.8 Å². The molecule has 5 nitrogen and oxygen atoms in total. The zero-order valence-electron chi connectivity index (χ0n) is 11.4. The quantitative estimate of drug-likeness (QED) is 0.860. The third-order valence-corrected chi connectivity index (χ3v) is 3.53. The number of rotatable bonds is 4. The van der Waals surface area contributed by atoms with Gasteiger partial charge in [0.25, 0.3) is 0 Å². The van der Waals surface area contributed by atoms with Crippen LogP contribution in [0.4, 0.5) is 5.69 Å². The second kappa shape index (κ2) is 5.19. The molecule has 1 aliphatic heterocycles. The molecule has 0 aliphatic carbocycles. The van der Waals surface area contributed by atoms with Crippen LogP contribution in [0.25, 0.3) is 0 Å². The molecule has 1 heterocycles. The second-order valence-corrected chi connectivity index (χ2v) is 5.02. The van der Waals surface area contributed by atoms with E-state index in [0.717, 1.165) is 22.6 Å². The van der Waals surface area contributed by atoms with Crippen LogP contribution in [0.2, 0.25) is 0 Å². The zero-order chi connectivity index (χ0) is 14.0. The lowest BCUT2D eigenvalue weighted by atomic mass is 9.86. The maximum Gasteiger partial charge on any atom is 0.237 e. The number of aryl methyl sites for hydroxylation is 2. The maximum atomic E-state index is 12.2. The first-order valence-corrected chi connectivity index (χ1v) is 6.18. The van der Waals surface area contributed by atoms with Gasteiger partial charge in [-0.2, -0.15) is 0 Å². The number of hydrogen-bond acceptors (Lipinski definition) is 4. The fourth-order valence-corrected chi connectivity index (χ4v) is 2.04. The lowest BCUT2D eigenvalue weighted by Crippen LogP contribution is -2.54. The Kier molecular flexibility index (Phi) is 3.78. The molecule has 2 N–H and O–H groups in total. The number of hydrogen-bond donors (Lipinski definition) is 2. The molecule has 1 saturated heterocycles. The summed E-state index contributed by atoms with van der Waals surface area (Å²) in [7, 11) is 1.62. The average Bonchev–Trinajstić information content (AvgIpc) is 2.32. The molecule has 1 fully saturated rings. The largest absolute Gasteiger partial charge is 0.496 e. The van der Waals surface area contributed by atoms with E-state index in [4.69, 9.17) is 9.47 Å². The molecule has 0 aromatic heterocycles. The van der Waals surface area contributed by atoms with Gasteiger partial charge in [0.2, 0.25) is 5.91 Å². The Morgan fingerprint density at radius 2 is 2.11 bits per heavy atom. The number of aliphatic hydroxyl groups is 1. The Hall–Kier alpha value is -1.59. The Morgan fingerprint density at radius 3 is 2.58 bits per heavy atom. The van der Waals surface area contributed by atoms with E-state index in [2.05, 4.69) is 5.32 Å². The van der Waals surface area contributed by atoms with Crippen LogP contribution in [-0.2, 0) is 9.53 Å². The molecule has 0 radical (unpaired) electrons. The molecule has 104 valence electrons. The molecule has 0 atom stereocenters. The lowest BCUT2D eigenvalue weighted by Gasteiger charge is -2.38. The maximum absolute atomic E-state index is 12.2. The Balaban J connectivity index is 2.19. The number of amides is 1. The summed E-state index contributed by atoms with van der Waals surface area (Å²) in [5, 5.41) is 12.2. The van der Waals surface area contributed by atoms with Gasteiger partial charge in [-0.3, -0.25) is 4.79 Å². The molecule has 5 heteroatoms. The summed E-state index contributed by atoms with van der Waals surface area (Å²) < 4.78 is 10.3. The van der Waals surface area contributed by atoms with E-state index in [1.54, 1.807) is 7.11 Å². The summed E-state index contributed by atoms with van der Waals surface area (Å²) in [5.41, 5.74) is 1.82. The van der Waals surface area contributed by atoms with Gasteiger partial charge in [-0.15, -0.1) is 0 Å². The molecule has 0 spiro atoms. The third kappa shape index (κ3) is 2.43. The fourth-order valence-electron chi connectivity index (χ4n) is 2.04. The summed E-state index contributed by atoms with van der Waals surface area (Å²) in [6, 6.07) is 3.75. The van der Waals surface area contributed by atoms with Gasteiger partial charge in [-0.25, -0.2) is 0 Å². The highest BCUT2D eigenvalue weighted by molar-refractivity contribution is 5.97. The molecule has 1 aromatic carbocycles. The minimum atomic E-state index is -0.791. The van der Waals surface area contributed by atoms with Crippen molar-refractivity contribution < 1.29 is 19.4 Å². The van der Waals surface area contributed by atoms with Crippen molar-refractivity contribution in [1.82, 2.24) is 0 Å². The van der Waals surface area contributed by atoms with Crippen LogP contribution >= 0.6 is 0 Å². The van der Waals surface area contributed by atoms with Gasteiger partial charge in [-0.05, 0) is 37.1 Å². The highest BCUT2D eigenvalue weighted by atomic mass is 16.5. The van der Waals surface area contributed by atoms with Crippen LogP contribution < -0.4 is 10.1 Å². The van der Waals surface area contributed by atoms with E-state index in [9.17, 15) is 9.90 Å². The number of benzene rings is 1. The van der Waals surface area contributed by atoms with Crippen LogP contribution in [0.1, 0.15) is 11.1 Å². The zero-order valence-corrected chi connectivity index (χ0v) is 11.4. The van der Waals surface area contributed by atoms with E-state index < -0.39 is 5.41 Å². The average molecular weight is 265 g/mol. The van der Waals surface area contributed by atoms with Gasteiger partial charge in [0, 0.05) is 5.69 Å². The number of methoxy groups -OCH3 is 1. The SMILES string of the molecule is COc1cc(C)c(NC(=O)C2(CO)COC2)cc1C. The Morgan fingerprint density at radius 1 is 1.42 bits per heavy atom. The van der Waals surface area contributed by atoms with Crippen molar-refractivity contribution >= 4 is 11.6 Å². The highest BCUT2D eigenvalue weighted by Gasteiger charge is 2.45. The predicted octanol–water partition coefficient (Wildman–Crippen LogP) is 1.26. The number of anilines is 1. The number of carbonyl (C=O) groups is 1. The monoisotopic (exact) mass is 265 g/mol. The molecule has 1 aliphatic rings. The summed E-state index contributed by atoms with van der Waals surface area (Å²) in [6.07, 6.45) is 0. The van der Waals surface area contributed by atoms with Crippen molar-refractivity contribution in [2.75, 3.05) is 32.2 Å². The summed E-state index contributed by atoms with van der Waals surface area (Å²) in [6.45, 7) is 4.16. The summed E-state index contributed by atoms with van der Waals surface area (Å²) >= 11 is 0. The topological polar surface area (TPSA) is 67.8 Å².